The topological polar surface area (TPSA) is 29.0 Å². The molecule has 0 aliphatic carbocycles. The predicted molar refractivity (Wildman–Crippen MR) is 80.9 cm³/mol. The van der Waals surface area contributed by atoms with E-state index in [1.807, 2.05) is 6.20 Å². The first kappa shape index (κ1) is 14.6. The number of piperidine rings is 1. The molecule has 1 aliphatic rings. The van der Waals surface area contributed by atoms with Crippen molar-refractivity contribution in [2.24, 2.45) is 5.92 Å². The lowest BCUT2D eigenvalue weighted by atomic mass is 9.95. The first-order valence-electron chi connectivity index (χ1n) is 7.32. The van der Waals surface area contributed by atoms with Crippen LogP contribution in [-0.4, -0.2) is 23.1 Å². The summed E-state index contributed by atoms with van der Waals surface area (Å²) in [6, 6.07) is 0. The van der Waals surface area contributed by atoms with Gasteiger partial charge in [-0.25, -0.2) is 9.97 Å². The molecule has 3 nitrogen and oxygen atoms in total. The number of halogens is 1. The average molecular weight is 282 g/mol. The van der Waals surface area contributed by atoms with Crippen LogP contribution in [0.15, 0.2) is 6.20 Å². The van der Waals surface area contributed by atoms with Gasteiger partial charge in [0, 0.05) is 19.0 Å². The molecule has 0 N–H and O–H groups in total. The van der Waals surface area contributed by atoms with Crippen LogP contribution in [0.25, 0.3) is 0 Å². The summed E-state index contributed by atoms with van der Waals surface area (Å²) in [5.74, 6) is 2.50. The standard InChI is InChI=1S/C15H24ClN3/c1-4-12-6-5-7-19(10-12)14-9-17-15(11(2)3)18-13(14)8-16/h9,11-12H,4-8,10H2,1-3H3. The lowest BCUT2D eigenvalue weighted by molar-refractivity contribution is 0.404. The van der Waals surface area contributed by atoms with Gasteiger partial charge < -0.3 is 4.90 Å². The van der Waals surface area contributed by atoms with Gasteiger partial charge >= 0.3 is 0 Å². The molecule has 2 rings (SSSR count). The summed E-state index contributed by atoms with van der Waals surface area (Å²) >= 11 is 6.08. The van der Waals surface area contributed by atoms with E-state index in [0.29, 0.717) is 11.8 Å². The minimum absolute atomic E-state index is 0.348. The van der Waals surface area contributed by atoms with Crippen molar-refractivity contribution in [3.63, 3.8) is 0 Å². The van der Waals surface area contributed by atoms with Gasteiger partial charge in [-0.05, 0) is 18.8 Å². The van der Waals surface area contributed by atoms with Crippen molar-refractivity contribution >= 4 is 17.3 Å². The molecule has 106 valence electrons. The zero-order chi connectivity index (χ0) is 13.8. The van der Waals surface area contributed by atoms with Crippen LogP contribution < -0.4 is 4.90 Å². The summed E-state index contributed by atoms with van der Waals surface area (Å²) in [5.41, 5.74) is 2.12. The number of alkyl halides is 1. The van der Waals surface area contributed by atoms with Crippen LogP contribution in [0.3, 0.4) is 0 Å². The number of hydrogen-bond donors (Lipinski definition) is 0. The fraction of sp³-hybridized carbons (Fsp3) is 0.733. The molecule has 0 saturated carbocycles. The van der Waals surface area contributed by atoms with E-state index in [2.05, 4.69) is 35.6 Å². The Kier molecular flexibility index (Phi) is 5.03. The van der Waals surface area contributed by atoms with E-state index in [-0.39, 0.29) is 0 Å². The fourth-order valence-corrected chi connectivity index (χ4v) is 2.88. The number of aromatic nitrogens is 2. The first-order valence-corrected chi connectivity index (χ1v) is 7.85. The summed E-state index contributed by atoms with van der Waals surface area (Å²) in [5, 5.41) is 0. The van der Waals surface area contributed by atoms with Crippen LogP contribution >= 0.6 is 11.6 Å². The van der Waals surface area contributed by atoms with Crippen LogP contribution in [0.1, 0.15) is 57.5 Å². The number of rotatable bonds is 4. The maximum Gasteiger partial charge on any atom is 0.131 e. The number of anilines is 1. The normalized spacial score (nSPS) is 20.1. The summed E-state index contributed by atoms with van der Waals surface area (Å²) in [7, 11) is 0. The zero-order valence-electron chi connectivity index (χ0n) is 12.2. The largest absolute Gasteiger partial charge is 0.369 e. The molecule has 1 aliphatic heterocycles. The Hall–Kier alpha value is -0.830. The second-order valence-electron chi connectivity index (χ2n) is 5.71. The quantitative estimate of drug-likeness (QED) is 0.782. The Morgan fingerprint density at radius 2 is 2.26 bits per heavy atom. The Bertz CT molecular complexity index is 420. The van der Waals surface area contributed by atoms with Crippen molar-refractivity contribution in [1.29, 1.82) is 0 Å². The molecule has 1 unspecified atom stereocenters. The van der Waals surface area contributed by atoms with Crippen LogP contribution in [0.5, 0.6) is 0 Å². The minimum atomic E-state index is 0.348. The third-order valence-electron chi connectivity index (χ3n) is 3.94. The third kappa shape index (κ3) is 3.38. The van der Waals surface area contributed by atoms with Gasteiger partial charge in [0.1, 0.15) is 5.82 Å². The highest BCUT2D eigenvalue weighted by molar-refractivity contribution is 6.17. The molecule has 4 heteroatoms. The molecule has 0 spiro atoms. The SMILES string of the molecule is CCC1CCCN(c2cnc(C(C)C)nc2CCl)C1. The highest BCUT2D eigenvalue weighted by Crippen LogP contribution is 2.28. The van der Waals surface area contributed by atoms with Gasteiger partial charge in [-0.2, -0.15) is 0 Å². The molecule has 0 amide bonds. The molecule has 1 atom stereocenters. The lowest BCUT2D eigenvalue weighted by Crippen LogP contribution is -2.36. The van der Waals surface area contributed by atoms with Crippen molar-refractivity contribution in [3.8, 4) is 0 Å². The summed E-state index contributed by atoms with van der Waals surface area (Å²) in [6.45, 7) is 8.71. The minimum Gasteiger partial charge on any atom is -0.369 e. The van der Waals surface area contributed by atoms with Gasteiger partial charge in [-0.1, -0.05) is 27.2 Å². The Morgan fingerprint density at radius 1 is 1.47 bits per heavy atom. The average Bonchev–Trinajstić information content (AvgIpc) is 2.46. The molecule has 1 fully saturated rings. The smallest absolute Gasteiger partial charge is 0.131 e. The zero-order valence-corrected chi connectivity index (χ0v) is 13.0. The maximum atomic E-state index is 6.08. The molecule has 1 saturated heterocycles. The van der Waals surface area contributed by atoms with Crippen molar-refractivity contribution in [2.75, 3.05) is 18.0 Å². The summed E-state index contributed by atoms with van der Waals surface area (Å²) in [6.07, 6.45) is 5.82. The van der Waals surface area contributed by atoms with E-state index in [4.69, 9.17) is 11.6 Å². The van der Waals surface area contributed by atoms with Crippen LogP contribution in [0, 0.1) is 5.92 Å². The van der Waals surface area contributed by atoms with Gasteiger partial charge in [0.25, 0.3) is 0 Å². The molecule has 1 aromatic heterocycles. The van der Waals surface area contributed by atoms with Crippen LogP contribution in [-0.2, 0) is 5.88 Å². The molecule has 0 radical (unpaired) electrons. The van der Waals surface area contributed by atoms with E-state index >= 15 is 0 Å². The van der Waals surface area contributed by atoms with E-state index < -0.39 is 0 Å². The van der Waals surface area contributed by atoms with Crippen LogP contribution in [0.4, 0.5) is 5.69 Å². The Labute approximate surface area is 121 Å². The third-order valence-corrected chi connectivity index (χ3v) is 4.20. The molecule has 1 aromatic rings. The first-order chi connectivity index (χ1) is 9.15. The van der Waals surface area contributed by atoms with E-state index in [1.54, 1.807) is 0 Å². The monoisotopic (exact) mass is 281 g/mol. The molecule has 19 heavy (non-hydrogen) atoms. The van der Waals surface area contributed by atoms with Crippen molar-refractivity contribution in [2.45, 2.75) is 51.8 Å². The van der Waals surface area contributed by atoms with Gasteiger partial charge in [0.15, 0.2) is 0 Å². The highest BCUT2D eigenvalue weighted by Gasteiger charge is 2.21. The van der Waals surface area contributed by atoms with Gasteiger partial charge in [0.2, 0.25) is 0 Å². The predicted octanol–water partition coefficient (Wildman–Crippen LogP) is 3.97. The molecule has 0 aromatic carbocycles. The number of hydrogen-bond acceptors (Lipinski definition) is 3. The van der Waals surface area contributed by atoms with E-state index in [9.17, 15) is 0 Å². The Balaban J connectivity index is 2.23. The van der Waals surface area contributed by atoms with Crippen molar-refractivity contribution in [3.05, 3.63) is 17.7 Å². The van der Waals surface area contributed by atoms with Gasteiger partial charge in [-0.15, -0.1) is 11.6 Å². The van der Waals surface area contributed by atoms with E-state index in [0.717, 1.165) is 36.2 Å². The van der Waals surface area contributed by atoms with Gasteiger partial charge in [0.05, 0.1) is 23.5 Å². The van der Waals surface area contributed by atoms with Crippen molar-refractivity contribution in [1.82, 2.24) is 9.97 Å². The maximum absolute atomic E-state index is 6.08. The molecular weight excluding hydrogens is 258 g/mol. The molecular formula is C15H24ClN3. The molecule has 2 heterocycles. The summed E-state index contributed by atoms with van der Waals surface area (Å²) in [4.78, 5) is 11.5. The molecule has 0 bridgehead atoms. The Morgan fingerprint density at radius 3 is 2.89 bits per heavy atom. The van der Waals surface area contributed by atoms with Gasteiger partial charge in [-0.3, -0.25) is 0 Å². The lowest BCUT2D eigenvalue weighted by Gasteiger charge is -2.34. The fourth-order valence-electron chi connectivity index (χ4n) is 2.68. The second kappa shape index (κ2) is 6.56. The van der Waals surface area contributed by atoms with E-state index in [1.165, 1.54) is 19.3 Å². The highest BCUT2D eigenvalue weighted by atomic mass is 35.5. The summed E-state index contributed by atoms with van der Waals surface area (Å²) < 4.78 is 0. The number of nitrogens with zero attached hydrogens (tertiary/aromatic N) is 3. The van der Waals surface area contributed by atoms with Crippen molar-refractivity contribution < 1.29 is 0 Å². The second-order valence-corrected chi connectivity index (χ2v) is 5.98. The van der Waals surface area contributed by atoms with Crippen LogP contribution in [0.2, 0.25) is 0 Å².